The second-order valence-electron chi connectivity index (χ2n) is 4.35. The van der Waals surface area contributed by atoms with E-state index in [0.717, 1.165) is 18.6 Å². The van der Waals surface area contributed by atoms with Crippen LogP contribution in [0.25, 0.3) is 0 Å². The van der Waals surface area contributed by atoms with Gasteiger partial charge in [0.05, 0.1) is 4.47 Å². The van der Waals surface area contributed by atoms with Crippen molar-refractivity contribution in [3.8, 4) is 0 Å². The SMILES string of the molecule is NNC(Cc1c(F)ccc(Br)c1F)C1CCCS1. The van der Waals surface area contributed by atoms with Crippen LogP contribution in [-0.4, -0.2) is 17.0 Å². The van der Waals surface area contributed by atoms with Crippen LogP contribution in [0.2, 0.25) is 0 Å². The highest BCUT2D eigenvalue weighted by Crippen LogP contribution is 2.31. The zero-order valence-corrected chi connectivity index (χ0v) is 12.2. The standard InChI is InChI=1S/C12H15BrF2N2S/c13-8-3-4-9(14)7(12(8)15)6-10(17-16)11-2-1-5-18-11/h3-4,10-11,17H,1-2,5-6,16H2. The van der Waals surface area contributed by atoms with Crippen molar-refractivity contribution >= 4 is 27.7 Å². The van der Waals surface area contributed by atoms with Crippen LogP contribution in [-0.2, 0) is 6.42 Å². The molecule has 0 saturated carbocycles. The van der Waals surface area contributed by atoms with Gasteiger partial charge in [-0.3, -0.25) is 11.3 Å². The molecule has 6 heteroatoms. The average Bonchev–Trinajstić information content (AvgIpc) is 2.88. The number of hydrazine groups is 1. The summed E-state index contributed by atoms with van der Waals surface area (Å²) in [6.07, 6.45) is 2.44. The van der Waals surface area contributed by atoms with Gasteiger partial charge in [-0.25, -0.2) is 8.78 Å². The summed E-state index contributed by atoms with van der Waals surface area (Å²) in [5, 5.41) is 0.327. The maximum Gasteiger partial charge on any atom is 0.143 e. The van der Waals surface area contributed by atoms with Crippen LogP contribution in [0.1, 0.15) is 18.4 Å². The highest BCUT2D eigenvalue weighted by Gasteiger charge is 2.27. The normalized spacial score (nSPS) is 21.2. The van der Waals surface area contributed by atoms with Gasteiger partial charge in [0, 0.05) is 16.9 Å². The Morgan fingerprint density at radius 3 is 2.89 bits per heavy atom. The summed E-state index contributed by atoms with van der Waals surface area (Å²) < 4.78 is 27.8. The van der Waals surface area contributed by atoms with Gasteiger partial charge < -0.3 is 0 Å². The lowest BCUT2D eigenvalue weighted by atomic mass is 10.0. The smallest absolute Gasteiger partial charge is 0.143 e. The molecule has 1 aromatic carbocycles. The zero-order valence-electron chi connectivity index (χ0n) is 9.76. The first-order chi connectivity index (χ1) is 8.63. The molecule has 3 N–H and O–H groups in total. The molecular weight excluding hydrogens is 322 g/mol. The van der Waals surface area contributed by atoms with Gasteiger partial charge >= 0.3 is 0 Å². The molecule has 0 aromatic heterocycles. The van der Waals surface area contributed by atoms with Gasteiger partial charge in [-0.05, 0) is 53.1 Å². The quantitative estimate of drug-likeness (QED) is 0.504. The lowest BCUT2D eigenvalue weighted by molar-refractivity contribution is 0.467. The molecule has 1 aliphatic rings. The fourth-order valence-electron chi connectivity index (χ4n) is 2.19. The molecule has 2 unspecified atom stereocenters. The minimum Gasteiger partial charge on any atom is -0.271 e. The summed E-state index contributed by atoms with van der Waals surface area (Å²) in [5.74, 6) is 5.56. The number of nitrogens with two attached hydrogens (primary N) is 1. The summed E-state index contributed by atoms with van der Waals surface area (Å²) in [6.45, 7) is 0. The van der Waals surface area contributed by atoms with Crippen LogP contribution in [0, 0.1) is 11.6 Å². The molecule has 0 amide bonds. The van der Waals surface area contributed by atoms with Gasteiger partial charge in [-0.2, -0.15) is 11.8 Å². The van der Waals surface area contributed by atoms with Crippen LogP contribution in [0.5, 0.6) is 0 Å². The van der Waals surface area contributed by atoms with Gasteiger partial charge in [0.1, 0.15) is 11.6 Å². The fraction of sp³-hybridized carbons (Fsp3) is 0.500. The fourth-order valence-corrected chi connectivity index (χ4v) is 3.94. The molecule has 18 heavy (non-hydrogen) atoms. The van der Waals surface area contributed by atoms with E-state index < -0.39 is 11.6 Å². The zero-order chi connectivity index (χ0) is 13.1. The summed E-state index contributed by atoms with van der Waals surface area (Å²) in [5.41, 5.74) is 2.79. The van der Waals surface area contributed by atoms with Gasteiger partial charge in [0.15, 0.2) is 0 Å². The van der Waals surface area contributed by atoms with Gasteiger partial charge in [0.2, 0.25) is 0 Å². The molecule has 1 heterocycles. The topological polar surface area (TPSA) is 38.0 Å². The van der Waals surface area contributed by atoms with Gasteiger partial charge in [-0.1, -0.05) is 0 Å². The minimum absolute atomic E-state index is 0.0971. The number of halogens is 3. The van der Waals surface area contributed by atoms with E-state index in [0.29, 0.717) is 5.25 Å². The highest BCUT2D eigenvalue weighted by molar-refractivity contribution is 9.10. The number of nitrogens with one attached hydrogen (secondary N) is 1. The van der Waals surface area contributed by atoms with Crippen molar-refractivity contribution in [1.82, 2.24) is 5.43 Å². The molecule has 2 nitrogen and oxygen atoms in total. The maximum absolute atomic E-state index is 13.9. The third-order valence-corrected chi connectivity index (χ3v) is 5.32. The number of thioether (sulfide) groups is 1. The van der Waals surface area contributed by atoms with Crippen molar-refractivity contribution in [2.75, 3.05) is 5.75 Å². The Labute approximate surface area is 118 Å². The van der Waals surface area contributed by atoms with E-state index in [1.165, 1.54) is 12.1 Å². The Bertz CT molecular complexity index is 425. The summed E-state index contributed by atoms with van der Waals surface area (Å²) in [4.78, 5) is 0. The van der Waals surface area contributed by atoms with Crippen molar-refractivity contribution in [3.63, 3.8) is 0 Å². The van der Waals surface area contributed by atoms with Crippen molar-refractivity contribution in [2.45, 2.75) is 30.6 Å². The molecule has 0 spiro atoms. The Kier molecular flexibility index (Phi) is 5.00. The summed E-state index contributed by atoms with van der Waals surface area (Å²) >= 11 is 4.89. The van der Waals surface area contributed by atoms with Crippen LogP contribution < -0.4 is 11.3 Å². The van der Waals surface area contributed by atoms with E-state index in [9.17, 15) is 8.78 Å². The van der Waals surface area contributed by atoms with E-state index in [1.807, 2.05) is 11.8 Å². The van der Waals surface area contributed by atoms with E-state index in [1.54, 1.807) is 0 Å². The van der Waals surface area contributed by atoms with Crippen molar-refractivity contribution in [2.24, 2.45) is 5.84 Å². The largest absolute Gasteiger partial charge is 0.271 e. The molecule has 0 radical (unpaired) electrons. The van der Waals surface area contributed by atoms with Crippen LogP contribution in [0.4, 0.5) is 8.78 Å². The molecule has 0 aliphatic carbocycles. The number of hydrogen-bond acceptors (Lipinski definition) is 3. The lowest BCUT2D eigenvalue weighted by Gasteiger charge is -2.22. The van der Waals surface area contributed by atoms with Gasteiger partial charge in [0.25, 0.3) is 0 Å². The molecule has 2 rings (SSSR count). The predicted octanol–water partition coefficient (Wildman–Crippen LogP) is 3.00. The van der Waals surface area contributed by atoms with E-state index >= 15 is 0 Å². The number of rotatable bonds is 4. The molecular formula is C12H15BrF2N2S. The molecule has 100 valence electrons. The first-order valence-corrected chi connectivity index (χ1v) is 7.67. The van der Waals surface area contributed by atoms with Crippen LogP contribution in [0.3, 0.4) is 0 Å². The van der Waals surface area contributed by atoms with E-state index in [2.05, 4.69) is 21.4 Å². The van der Waals surface area contributed by atoms with E-state index in [4.69, 9.17) is 5.84 Å². The van der Waals surface area contributed by atoms with E-state index in [-0.39, 0.29) is 22.5 Å². The number of hydrogen-bond donors (Lipinski definition) is 2. The summed E-state index contributed by atoms with van der Waals surface area (Å²) in [6, 6.07) is 2.55. The molecule has 1 saturated heterocycles. The molecule has 1 aliphatic heterocycles. The van der Waals surface area contributed by atoms with Crippen molar-refractivity contribution in [3.05, 3.63) is 33.8 Å². The highest BCUT2D eigenvalue weighted by atomic mass is 79.9. The second kappa shape index (κ2) is 6.32. The van der Waals surface area contributed by atoms with Crippen LogP contribution >= 0.6 is 27.7 Å². The van der Waals surface area contributed by atoms with Crippen LogP contribution in [0.15, 0.2) is 16.6 Å². The molecule has 2 atom stereocenters. The Morgan fingerprint density at radius 2 is 2.28 bits per heavy atom. The first-order valence-electron chi connectivity index (χ1n) is 5.83. The lowest BCUT2D eigenvalue weighted by Crippen LogP contribution is -2.43. The van der Waals surface area contributed by atoms with Crippen molar-refractivity contribution < 1.29 is 8.78 Å². The molecule has 1 aromatic rings. The van der Waals surface area contributed by atoms with Crippen molar-refractivity contribution in [1.29, 1.82) is 0 Å². The average molecular weight is 337 g/mol. The first kappa shape index (κ1) is 14.2. The number of benzene rings is 1. The Morgan fingerprint density at radius 1 is 1.50 bits per heavy atom. The third-order valence-electron chi connectivity index (χ3n) is 3.19. The molecule has 1 fully saturated rings. The molecule has 0 bridgehead atoms. The third kappa shape index (κ3) is 3.04. The monoisotopic (exact) mass is 336 g/mol. The summed E-state index contributed by atoms with van der Waals surface area (Å²) in [7, 11) is 0. The Balaban J connectivity index is 2.18. The minimum atomic E-state index is -0.529. The Hall–Kier alpha value is -0.170. The van der Waals surface area contributed by atoms with Gasteiger partial charge in [-0.15, -0.1) is 0 Å². The maximum atomic E-state index is 13.9. The second-order valence-corrected chi connectivity index (χ2v) is 6.55. The predicted molar refractivity (Wildman–Crippen MR) is 74.4 cm³/mol.